The van der Waals surface area contributed by atoms with Gasteiger partial charge in [-0.15, -0.1) is 0 Å². The number of piperazine rings is 1. The lowest BCUT2D eigenvalue weighted by Gasteiger charge is -2.35. The zero-order valence-electron chi connectivity index (χ0n) is 18.2. The zero-order chi connectivity index (χ0) is 20.9. The van der Waals surface area contributed by atoms with Crippen LogP contribution in [0.15, 0.2) is 42.5 Å². The minimum Gasteiger partial charge on any atom is -0.493 e. The van der Waals surface area contributed by atoms with Gasteiger partial charge in [0.2, 0.25) is 5.91 Å². The Hall–Kier alpha value is -2.37. The van der Waals surface area contributed by atoms with Crippen LogP contribution in [0.25, 0.3) is 0 Å². The van der Waals surface area contributed by atoms with Crippen LogP contribution in [0.2, 0.25) is 0 Å². The SMILES string of the molecule is Cc1cccc(C)c1NC(=O)CN1CCN(CCC2CCOc3ccccc32)CC1. The number of nitrogens with one attached hydrogen (secondary N) is 1. The van der Waals surface area contributed by atoms with Crippen molar-refractivity contribution >= 4 is 11.6 Å². The first-order valence-electron chi connectivity index (χ1n) is 11.1. The summed E-state index contributed by atoms with van der Waals surface area (Å²) in [5.41, 5.74) is 4.55. The highest BCUT2D eigenvalue weighted by Crippen LogP contribution is 2.35. The van der Waals surface area contributed by atoms with E-state index in [1.54, 1.807) is 0 Å². The lowest BCUT2D eigenvalue weighted by atomic mass is 9.90. The second-order valence-electron chi connectivity index (χ2n) is 8.59. The molecule has 2 aromatic rings. The van der Waals surface area contributed by atoms with Crippen LogP contribution < -0.4 is 10.1 Å². The third-order valence-corrected chi connectivity index (χ3v) is 6.45. The number of hydrogen-bond donors (Lipinski definition) is 1. The molecule has 0 aromatic heterocycles. The summed E-state index contributed by atoms with van der Waals surface area (Å²) in [5.74, 6) is 1.74. The number of benzene rings is 2. The molecular weight excluding hydrogens is 374 g/mol. The van der Waals surface area contributed by atoms with Crippen molar-refractivity contribution in [1.82, 2.24) is 9.80 Å². The Morgan fingerprint density at radius 1 is 1.00 bits per heavy atom. The highest BCUT2D eigenvalue weighted by molar-refractivity contribution is 5.93. The molecule has 0 aliphatic carbocycles. The summed E-state index contributed by atoms with van der Waals surface area (Å²) >= 11 is 0. The van der Waals surface area contributed by atoms with Crippen LogP contribution in [-0.4, -0.2) is 61.6 Å². The van der Waals surface area contributed by atoms with Gasteiger partial charge < -0.3 is 15.0 Å². The van der Waals surface area contributed by atoms with Crippen molar-refractivity contribution in [3.05, 3.63) is 59.2 Å². The molecule has 1 fully saturated rings. The summed E-state index contributed by atoms with van der Waals surface area (Å²) in [6, 6.07) is 14.6. The number of nitrogens with zero attached hydrogens (tertiary/aromatic N) is 2. The normalized spacial score (nSPS) is 19.7. The van der Waals surface area contributed by atoms with E-state index < -0.39 is 0 Å². The third-order valence-electron chi connectivity index (χ3n) is 6.45. The van der Waals surface area contributed by atoms with Crippen LogP contribution in [0.4, 0.5) is 5.69 Å². The van der Waals surface area contributed by atoms with E-state index >= 15 is 0 Å². The van der Waals surface area contributed by atoms with Gasteiger partial charge in [0.25, 0.3) is 0 Å². The topological polar surface area (TPSA) is 44.8 Å². The molecule has 1 saturated heterocycles. The van der Waals surface area contributed by atoms with Gasteiger partial charge in [-0.25, -0.2) is 0 Å². The van der Waals surface area contributed by atoms with Gasteiger partial charge in [0.05, 0.1) is 13.2 Å². The minimum atomic E-state index is 0.0830. The molecule has 4 rings (SSSR count). The Morgan fingerprint density at radius 3 is 2.47 bits per heavy atom. The molecule has 1 unspecified atom stereocenters. The smallest absolute Gasteiger partial charge is 0.238 e. The van der Waals surface area contributed by atoms with Crippen LogP contribution in [0, 0.1) is 13.8 Å². The molecule has 5 heteroatoms. The van der Waals surface area contributed by atoms with Crippen molar-refractivity contribution in [1.29, 1.82) is 0 Å². The molecule has 5 nitrogen and oxygen atoms in total. The summed E-state index contributed by atoms with van der Waals surface area (Å²) in [4.78, 5) is 17.3. The van der Waals surface area contributed by atoms with Crippen LogP contribution in [0.1, 0.15) is 35.4 Å². The molecule has 0 spiro atoms. The maximum Gasteiger partial charge on any atom is 0.238 e. The monoisotopic (exact) mass is 407 g/mol. The average molecular weight is 408 g/mol. The van der Waals surface area contributed by atoms with E-state index in [-0.39, 0.29) is 5.91 Å². The average Bonchev–Trinajstić information content (AvgIpc) is 2.76. The van der Waals surface area contributed by atoms with E-state index in [9.17, 15) is 4.79 Å². The van der Waals surface area contributed by atoms with Crippen molar-refractivity contribution in [2.45, 2.75) is 32.6 Å². The highest BCUT2D eigenvalue weighted by atomic mass is 16.5. The number of ether oxygens (including phenoxy) is 1. The number of fused-ring (bicyclic) bond motifs is 1. The Bertz CT molecular complexity index is 854. The van der Waals surface area contributed by atoms with Crippen molar-refractivity contribution in [3.63, 3.8) is 0 Å². The van der Waals surface area contributed by atoms with Crippen LogP contribution in [-0.2, 0) is 4.79 Å². The summed E-state index contributed by atoms with van der Waals surface area (Å²) in [6.45, 7) is 10.4. The molecule has 2 aromatic carbocycles. The third kappa shape index (κ3) is 5.02. The number of aryl methyl sites for hydroxylation is 2. The molecule has 2 aliphatic rings. The number of amides is 1. The molecule has 0 radical (unpaired) electrons. The summed E-state index contributed by atoms with van der Waals surface area (Å²) in [7, 11) is 0. The van der Waals surface area contributed by atoms with E-state index in [2.05, 4.69) is 39.4 Å². The molecule has 30 heavy (non-hydrogen) atoms. The molecule has 2 aliphatic heterocycles. The van der Waals surface area contributed by atoms with Crippen molar-refractivity contribution < 1.29 is 9.53 Å². The first-order chi connectivity index (χ1) is 14.6. The van der Waals surface area contributed by atoms with Crippen molar-refractivity contribution in [2.75, 3.05) is 51.2 Å². The Labute approximate surface area is 180 Å². The van der Waals surface area contributed by atoms with Gasteiger partial charge in [0.1, 0.15) is 5.75 Å². The Morgan fingerprint density at radius 2 is 1.70 bits per heavy atom. The van der Waals surface area contributed by atoms with E-state index in [0.29, 0.717) is 12.5 Å². The lowest BCUT2D eigenvalue weighted by molar-refractivity contribution is -0.117. The predicted octanol–water partition coefficient (Wildman–Crippen LogP) is 3.82. The molecule has 160 valence electrons. The maximum absolute atomic E-state index is 12.5. The van der Waals surface area contributed by atoms with Gasteiger partial charge in [-0.1, -0.05) is 36.4 Å². The van der Waals surface area contributed by atoms with Crippen molar-refractivity contribution in [3.8, 4) is 5.75 Å². The second-order valence-corrected chi connectivity index (χ2v) is 8.59. The van der Waals surface area contributed by atoms with Crippen molar-refractivity contribution in [2.24, 2.45) is 0 Å². The van der Waals surface area contributed by atoms with E-state index in [1.807, 2.05) is 32.0 Å². The molecule has 2 heterocycles. The van der Waals surface area contributed by atoms with Gasteiger partial charge in [0, 0.05) is 31.9 Å². The van der Waals surface area contributed by atoms with Crippen LogP contribution in [0.3, 0.4) is 0 Å². The Kier molecular flexibility index (Phi) is 6.70. The molecule has 1 atom stereocenters. The van der Waals surface area contributed by atoms with Crippen LogP contribution >= 0.6 is 0 Å². The van der Waals surface area contributed by atoms with Gasteiger partial charge in [0.15, 0.2) is 0 Å². The number of para-hydroxylation sites is 2. The fourth-order valence-electron chi connectivity index (χ4n) is 4.62. The molecule has 1 amide bonds. The zero-order valence-corrected chi connectivity index (χ0v) is 18.2. The van der Waals surface area contributed by atoms with Gasteiger partial charge >= 0.3 is 0 Å². The van der Waals surface area contributed by atoms with E-state index in [1.165, 1.54) is 12.0 Å². The predicted molar refractivity (Wildman–Crippen MR) is 121 cm³/mol. The number of hydrogen-bond acceptors (Lipinski definition) is 4. The minimum absolute atomic E-state index is 0.0830. The second kappa shape index (κ2) is 9.63. The lowest BCUT2D eigenvalue weighted by Crippen LogP contribution is -2.49. The number of rotatable bonds is 6. The van der Waals surface area contributed by atoms with Gasteiger partial charge in [-0.3, -0.25) is 9.69 Å². The molecule has 1 N–H and O–H groups in total. The fourth-order valence-corrected chi connectivity index (χ4v) is 4.62. The van der Waals surface area contributed by atoms with Gasteiger partial charge in [-0.05, 0) is 61.9 Å². The first-order valence-corrected chi connectivity index (χ1v) is 11.1. The van der Waals surface area contributed by atoms with E-state index in [4.69, 9.17) is 4.74 Å². The largest absolute Gasteiger partial charge is 0.493 e. The number of anilines is 1. The quantitative estimate of drug-likeness (QED) is 0.791. The molecule has 0 saturated carbocycles. The fraction of sp³-hybridized carbons (Fsp3) is 0.480. The molecule has 0 bridgehead atoms. The first kappa shape index (κ1) is 20.9. The standard InChI is InChI=1S/C25H33N3O2/c1-19-6-5-7-20(2)25(19)26-24(29)18-28-15-13-27(14-16-28)12-10-21-11-17-30-23-9-4-3-8-22(21)23/h3-9,21H,10-18H2,1-2H3,(H,26,29). The van der Waals surface area contributed by atoms with Gasteiger partial charge in [-0.2, -0.15) is 0 Å². The summed E-state index contributed by atoms with van der Waals surface area (Å²) in [6.07, 6.45) is 2.28. The van der Waals surface area contributed by atoms with E-state index in [0.717, 1.165) is 68.3 Å². The molecular formula is C25H33N3O2. The summed E-state index contributed by atoms with van der Waals surface area (Å²) < 4.78 is 5.80. The number of carbonyl (C=O) groups excluding carboxylic acids is 1. The highest BCUT2D eigenvalue weighted by Gasteiger charge is 2.24. The number of carbonyl (C=O) groups is 1. The Balaban J connectivity index is 1.21. The summed E-state index contributed by atoms with van der Waals surface area (Å²) in [5, 5.41) is 3.11. The maximum atomic E-state index is 12.5. The van der Waals surface area contributed by atoms with Crippen LogP contribution in [0.5, 0.6) is 5.75 Å².